The fraction of sp³-hybridized carbons (Fsp3) is 0.214. The van der Waals surface area contributed by atoms with E-state index in [2.05, 4.69) is 53.3 Å². The van der Waals surface area contributed by atoms with Gasteiger partial charge in [0.1, 0.15) is 0 Å². The summed E-state index contributed by atoms with van der Waals surface area (Å²) in [6, 6.07) is 27.5. The summed E-state index contributed by atoms with van der Waals surface area (Å²) in [5.74, 6) is 0.128. The molecule has 1 N–H and O–H groups in total. The largest absolute Gasteiger partial charge is 0.240 e. The van der Waals surface area contributed by atoms with E-state index in [0.717, 1.165) is 29.5 Å². The molecule has 4 heteroatoms. The van der Waals surface area contributed by atoms with E-state index in [-0.39, 0.29) is 17.4 Å². The van der Waals surface area contributed by atoms with Crippen LogP contribution in [0.1, 0.15) is 29.5 Å². The average Bonchev–Trinajstić information content (AvgIpc) is 3.11. The first-order valence-electron chi connectivity index (χ1n) is 11.0. The third-order valence-corrected chi connectivity index (χ3v) is 7.74. The fourth-order valence-corrected chi connectivity index (χ4v) is 5.65. The Labute approximate surface area is 191 Å². The number of hydrogen-bond donors (Lipinski definition) is 1. The number of allylic oxidation sites excluding steroid dienone is 4. The van der Waals surface area contributed by atoms with Crippen LogP contribution in [0.25, 0.3) is 0 Å². The maximum atomic E-state index is 13.3. The minimum atomic E-state index is -3.66. The Morgan fingerprint density at radius 1 is 0.844 bits per heavy atom. The molecule has 164 valence electrons. The van der Waals surface area contributed by atoms with Gasteiger partial charge in [-0.25, -0.2) is 13.1 Å². The van der Waals surface area contributed by atoms with E-state index in [0.29, 0.717) is 0 Å². The first-order chi connectivity index (χ1) is 15.5. The third-order valence-electron chi connectivity index (χ3n) is 6.32. The van der Waals surface area contributed by atoms with Gasteiger partial charge in [-0.3, -0.25) is 0 Å². The zero-order valence-corrected chi connectivity index (χ0v) is 19.1. The van der Waals surface area contributed by atoms with Crippen LogP contribution in [-0.4, -0.2) is 15.0 Å². The third kappa shape index (κ3) is 4.62. The van der Waals surface area contributed by atoms with Gasteiger partial charge in [-0.1, -0.05) is 103 Å². The molecule has 0 spiro atoms. The first kappa shape index (κ1) is 22.3. The van der Waals surface area contributed by atoms with Crippen LogP contribution in [0.5, 0.6) is 0 Å². The molecular weight excluding hydrogens is 414 g/mol. The van der Waals surface area contributed by atoms with E-state index in [1.807, 2.05) is 55.5 Å². The number of hydrogen-bond acceptors (Lipinski definition) is 2. The van der Waals surface area contributed by atoms with Crippen LogP contribution in [0.15, 0.2) is 114 Å². The first-order valence-corrected chi connectivity index (χ1v) is 12.5. The molecule has 3 aromatic carbocycles. The summed E-state index contributed by atoms with van der Waals surface area (Å²) in [5, 5.41) is 0. The summed E-state index contributed by atoms with van der Waals surface area (Å²) < 4.78 is 29.5. The predicted octanol–water partition coefficient (Wildman–Crippen LogP) is 5.78. The van der Waals surface area contributed by atoms with Crippen molar-refractivity contribution in [1.82, 2.24) is 4.72 Å². The van der Waals surface area contributed by atoms with Gasteiger partial charge in [0.25, 0.3) is 0 Å². The maximum absolute atomic E-state index is 13.3. The molecule has 0 aromatic heterocycles. The highest BCUT2D eigenvalue weighted by molar-refractivity contribution is 7.89. The van der Waals surface area contributed by atoms with Gasteiger partial charge < -0.3 is 0 Å². The van der Waals surface area contributed by atoms with Crippen LogP contribution in [0.4, 0.5) is 0 Å². The lowest BCUT2D eigenvalue weighted by atomic mass is 9.64. The number of benzene rings is 3. The van der Waals surface area contributed by atoms with Crippen LogP contribution < -0.4 is 4.72 Å². The molecule has 0 radical (unpaired) electrons. The van der Waals surface area contributed by atoms with E-state index in [4.69, 9.17) is 0 Å². The van der Waals surface area contributed by atoms with E-state index < -0.39 is 15.4 Å². The lowest BCUT2D eigenvalue weighted by Gasteiger charge is -2.41. The van der Waals surface area contributed by atoms with Crippen molar-refractivity contribution in [2.75, 3.05) is 6.54 Å². The second-order valence-electron chi connectivity index (χ2n) is 8.34. The zero-order chi connectivity index (χ0) is 22.4. The van der Waals surface area contributed by atoms with Gasteiger partial charge in [0.2, 0.25) is 10.0 Å². The van der Waals surface area contributed by atoms with Crippen molar-refractivity contribution in [2.45, 2.75) is 30.1 Å². The number of sulfonamides is 1. The van der Waals surface area contributed by atoms with Crippen LogP contribution >= 0.6 is 0 Å². The topological polar surface area (TPSA) is 46.2 Å². The molecule has 0 heterocycles. The van der Waals surface area contributed by atoms with Crippen LogP contribution in [0.3, 0.4) is 0 Å². The van der Waals surface area contributed by atoms with Gasteiger partial charge in [-0.15, -0.1) is 0 Å². The number of rotatable bonds is 7. The molecule has 32 heavy (non-hydrogen) atoms. The van der Waals surface area contributed by atoms with Crippen molar-refractivity contribution in [3.63, 3.8) is 0 Å². The molecule has 0 bridgehead atoms. The van der Waals surface area contributed by atoms with Crippen molar-refractivity contribution in [3.8, 4) is 0 Å². The molecule has 1 atom stereocenters. The Bertz CT molecular complexity index is 1140. The molecule has 1 aliphatic rings. The van der Waals surface area contributed by atoms with Crippen LogP contribution in [-0.2, 0) is 15.4 Å². The Morgan fingerprint density at radius 2 is 1.44 bits per heavy atom. The fourth-order valence-electron chi connectivity index (χ4n) is 4.57. The van der Waals surface area contributed by atoms with Crippen molar-refractivity contribution in [3.05, 3.63) is 126 Å². The lowest BCUT2D eigenvalue weighted by molar-refractivity contribution is 0.360. The summed E-state index contributed by atoms with van der Waals surface area (Å²) >= 11 is 0. The zero-order valence-electron chi connectivity index (χ0n) is 18.3. The summed E-state index contributed by atoms with van der Waals surface area (Å²) in [6.45, 7) is 2.22. The molecule has 0 amide bonds. The monoisotopic (exact) mass is 443 g/mol. The molecule has 0 fully saturated rings. The number of nitrogens with one attached hydrogen (secondary N) is 1. The summed E-state index contributed by atoms with van der Waals surface area (Å²) in [5.41, 5.74) is 2.70. The van der Waals surface area contributed by atoms with Crippen LogP contribution in [0, 0.1) is 12.8 Å². The minimum absolute atomic E-state index is 0.128. The number of aryl methyl sites for hydroxylation is 1. The lowest BCUT2D eigenvalue weighted by Crippen LogP contribution is -2.46. The molecule has 0 saturated heterocycles. The minimum Gasteiger partial charge on any atom is -0.210 e. The Morgan fingerprint density at radius 3 is 2.03 bits per heavy atom. The van der Waals surface area contributed by atoms with Gasteiger partial charge in [0.15, 0.2) is 0 Å². The smallest absolute Gasteiger partial charge is 0.210 e. The molecule has 1 aliphatic carbocycles. The molecule has 3 nitrogen and oxygen atoms in total. The second kappa shape index (κ2) is 9.68. The van der Waals surface area contributed by atoms with Gasteiger partial charge in [0.05, 0.1) is 4.90 Å². The van der Waals surface area contributed by atoms with Crippen molar-refractivity contribution >= 4 is 10.0 Å². The molecule has 0 saturated carbocycles. The highest BCUT2D eigenvalue weighted by Crippen LogP contribution is 2.43. The SMILES string of the molecule is Cc1ccc(S(=O)(=O)NCC(c2ccccc2)(c2ccccc2)C2C=CC=CCC2)cc1. The Kier molecular flexibility index (Phi) is 6.73. The summed E-state index contributed by atoms with van der Waals surface area (Å²) in [6.07, 6.45) is 10.5. The quantitative estimate of drug-likeness (QED) is 0.503. The normalized spacial score (nSPS) is 16.6. The molecule has 3 aromatic rings. The Hall–Kier alpha value is -2.95. The summed E-state index contributed by atoms with van der Waals surface area (Å²) in [7, 11) is -3.66. The van der Waals surface area contributed by atoms with E-state index in [1.54, 1.807) is 12.1 Å². The molecule has 0 aliphatic heterocycles. The van der Waals surface area contributed by atoms with Gasteiger partial charge in [0, 0.05) is 12.0 Å². The van der Waals surface area contributed by atoms with E-state index in [9.17, 15) is 8.42 Å². The predicted molar refractivity (Wildman–Crippen MR) is 131 cm³/mol. The van der Waals surface area contributed by atoms with E-state index >= 15 is 0 Å². The molecular formula is C28H29NO2S. The van der Waals surface area contributed by atoms with Gasteiger partial charge >= 0.3 is 0 Å². The van der Waals surface area contributed by atoms with Crippen molar-refractivity contribution < 1.29 is 8.42 Å². The standard InChI is InChI=1S/C28H29NO2S/c1-23-18-20-27(21-19-23)32(30,31)29-22-28(25-14-8-4-9-15-25,26-16-10-5-11-17-26)24-12-6-2-3-7-13-24/h2-6,8-12,14-21,24,29H,7,13,22H2,1H3. The molecule has 4 rings (SSSR count). The second-order valence-corrected chi connectivity index (χ2v) is 10.1. The van der Waals surface area contributed by atoms with Crippen molar-refractivity contribution in [1.29, 1.82) is 0 Å². The average molecular weight is 444 g/mol. The Balaban J connectivity index is 1.82. The highest BCUT2D eigenvalue weighted by Gasteiger charge is 2.41. The van der Waals surface area contributed by atoms with Crippen molar-refractivity contribution in [2.24, 2.45) is 5.92 Å². The molecule has 1 unspecified atom stereocenters. The maximum Gasteiger partial charge on any atom is 0.240 e. The summed E-state index contributed by atoms with van der Waals surface area (Å²) in [4.78, 5) is 0.288. The van der Waals surface area contributed by atoms with E-state index in [1.165, 1.54) is 0 Å². The van der Waals surface area contributed by atoms with Gasteiger partial charge in [-0.2, -0.15) is 0 Å². The highest BCUT2D eigenvalue weighted by atomic mass is 32.2. The van der Waals surface area contributed by atoms with Crippen LogP contribution in [0.2, 0.25) is 0 Å². The van der Waals surface area contributed by atoms with Gasteiger partial charge in [-0.05, 0) is 48.9 Å².